The molecule has 2 aliphatic rings. The lowest BCUT2D eigenvalue weighted by atomic mass is 9.90. The highest BCUT2D eigenvalue weighted by molar-refractivity contribution is 6.30. The van der Waals surface area contributed by atoms with E-state index < -0.39 is 0 Å². The summed E-state index contributed by atoms with van der Waals surface area (Å²) in [7, 11) is 1.77. The molecule has 2 aromatic rings. The van der Waals surface area contributed by atoms with Crippen LogP contribution in [0.2, 0.25) is 5.02 Å². The van der Waals surface area contributed by atoms with Gasteiger partial charge in [-0.3, -0.25) is 9.59 Å². The van der Waals surface area contributed by atoms with Gasteiger partial charge in [0.2, 0.25) is 11.8 Å². The molecule has 2 heterocycles. The van der Waals surface area contributed by atoms with E-state index in [1.165, 1.54) is 24.8 Å². The van der Waals surface area contributed by atoms with Gasteiger partial charge in [0.05, 0.1) is 5.92 Å². The van der Waals surface area contributed by atoms with E-state index >= 15 is 0 Å². The fraction of sp³-hybridized carbons (Fsp3) is 0.481. The molecule has 0 aromatic heterocycles. The number of likely N-dealkylation sites (tertiary alicyclic amines) is 2. The summed E-state index contributed by atoms with van der Waals surface area (Å²) in [5.74, 6) is 0.568. The zero-order chi connectivity index (χ0) is 23.2. The normalized spacial score (nSPS) is 19.2. The largest absolute Gasteiger partial charge is 0.345 e. The minimum atomic E-state index is -0.271. The van der Waals surface area contributed by atoms with Crippen LogP contribution in [0.3, 0.4) is 0 Å². The number of nitrogens with zero attached hydrogens (tertiary/aromatic N) is 3. The zero-order valence-corrected chi connectivity index (χ0v) is 21.4. The Morgan fingerprint density at radius 2 is 1.74 bits per heavy atom. The third-order valence-electron chi connectivity index (χ3n) is 7.03. The summed E-state index contributed by atoms with van der Waals surface area (Å²) < 4.78 is 0. The molecular formula is C27H35Cl2N3O2. The molecule has 34 heavy (non-hydrogen) atoms. The van der Waals surface area contributed by atoms with Gasteiger partial charge in [0.25, 0.3) is 0 Å². The molecule has 1 atom stereocenters. The van der Waals surface area contributed by atoms with Crippen molar-refractivity contribution in [2.75, 3.05) is 44.7 Å². The molecule has 2 aromatic carbocycles. The van der Waals surface area contributed by atoms with Gasteiger partial charge in [-0.15, -0.1) is 12.4 Å². The highest BCUT2D eigenvalue weighted by atomic mass is 35.5. The summed E-state index contributed by atoms with van der Waals surface area (Å²) in [6.45, 7) is 4.37. The third-order valence-corrected chi connectivity index (χ3v) is 7.28. The van der Waals surface area contributed by atoms with Crippen molar-refractivity contribution >= 4 is 41.5 Å². The second-order valence-corrected chi connectivity index (χ2v) is 9.91. The summed E-state index contributed by atoms with van der Waals surface area (Å²) in [5.41, 5.74) is 2.29. The Kier molecular flexibility index (Phi) is 9.81. The molecule has 0 spiro atoms. The van der Waals surface area contributed by atoms with Crippen LogP contribution in [0.25, 0.3) is 0 Å². The predicted octanol–water partition coefficient (Wildman–Crippen LogP) is 4.92. The Hall–Kier alpha value is -2.08. The van der Waals surface area contributed by atoms with Gasteiger partial charge in [-0.1, -0.05) is 41.9 Å². The van der Waals surface area contributed by atoms with Crippen LogP contribution < -0.4 is 4.90 Å². The van der Waals surface area contributed by atoms with E-state index in [2.05, 4.69) is 35.2 Å². The van der Waals surface area contributed by atoms with Crippen molar-refractivity contribution in [3.63, 3.8) is 0 Å². The fourth-order valence-electron chi connectivity index (χ4n) is 5.05. The predicted molar refractivity (Wildman–Crippen MR) is 141 cm³/mol. The molecule has 5 nitrogen and oxygen atoms in total. The van der Waals surface area contributed by atoms with Gasteiger partial charge in [-0.25, -0.2) is 0 Å². The van der Waals surface area contributed by atoms with Gasteiger partial charge in [-0.2, -0.15) is 0 Å². The van der Waals surface area contributed by atoms with Gasteiger partial charge in [0.15, 0.2) is 0 Å². The maximum absolute atomic E-state index is 13.3. The van der Waals surface area contributed by atoms with E-state index in [1.807, 2.05) is 29.2 Å². The summed E-state index contributed by atoms with van der Waals surface area (Å²) >= 11 is 6.07. The zero-order valence-electron chi connectivity index (χ0n) is 19.9. The first kappa shape index (κ1) is 26.5. The van der Waals surface area contributed by atoms with Crippen molar-refractivity contribution in [3.05, 3.63) is 65.2 Å². The Morgan fingerprint density at radius 3 is 2.35 bits per heavy atom. The van der Waals surface area contributed by atoms with Crippen molar-refractivity contribution in [2.24, 2.45) is 11.8 Å². The second kappa shape index (κ2) is 12.6. The number of amides is 2. The molecule has 184 valence electrons. The van der Waals surface area contributed by atoms with Gasteiger partial charge in [0.1, 0.15) is 0 Å². The van der Waals surface area contributed by atoms with E-state index in [-0.39, 0.29) is 30.1 Å². The number of rotatable bonds is 8. The number of hydrogen-bond acceptors (Lipinski definition) is 3. The van der Waals surface area contributed by atoms with Crippen LogP contribution in [0.5, 0.6) is 0 Å². The van der Waals surface area contributed by atoms with Crippen molar-refractivity contribution in [3.8, 4) is 0 Å². The van der Waals surface area contributed by atoms with E-state index in [9.17, 15) is 9.59 Å². The van der Waals surface area contributed by atoms with Crippen molar-refractivity contribution in [1.82, 2.24) is 9.80 Å². The van der Waals surface area contributed by atoms with Gasteiger partial charge in [0, 0.05) is 37.3 Å². The minimum Gasteiger partial charge on any atom is -0.345 e. The number of halogens is 2. The van der Waals surface area contributed by atoms with E-state index in [0.717, 1.165) is 37.7 Å². The minimum absolute atomic E-state index is 0. The molecule has 2 fully saturated rings. The quantitative estimate of drug-likeness (QED) is 0.513. The SMILES string of the molecule is CN1CC(C(=O)N(CCCN2CCC(Cc3ccccc3)CC2)c2ccc(Cl)cc2)CC1=O.Cl. The summed E-state index contributed by atoms with van der Waals surface area (Å²) in [4.78, 5) is 31.3. The standard InChI is InChI=1S/C27H34ClN3O2.ClH/c1-29-20-23(19-26(29)32)27(33)31(25-10-8-24(28)9-11-25)15-5-14-30-16-12-22(13-17-30)18-21-6-3-2-4-7-21;/h2-4,6-11,22-23H,5,12-20H2,1H3;1H. The van der Waals surface area contributed by atoms with E-state index in [0.29, 0.717) is 24.5 Å². The van der Waals surface area contributed by atoms with E-state index in [4.69, 9.17) is 11.6 Å². The number of benzene rings is 2. The second-order valence-electron chi connectivity index (χ2n) is 9.47. The van der Waals surface area contributed by atoms with E-state index in [1.54, 1.807) is 11.9 Å². The van der Waals surface area contributed by atoms with Crippen LogP contribution in [-0.4, -0.2) is 61.4 Å². The summed E-state index contributed by atoms with van der Waals surface area (Å²) in [6.07, 6.45) is 4.83. The number of anilines is 1. The Labute approximate surface area is 214 Å². The molecule has 4 rings (SSSR count). The van der Waals surface area contributed by atoms with Crippen molar-refractivity contribution in [2.45, 2.75) is 32.1 Å². The molecule has 2 aliphatic heterocycles. The highest BCUT2D eigenvalue weighted by Crippen LogP contribution is 2.25. The molecule has 7 heteroatoms. The Morgan fingerprint density at radius 1 is 1.06 bits per heavy atom. The lowest BCUT2D eigenvalue weighted by Crippen LogP contribution is -2.40. The summed E-state index contributed by atoms with van der Waals surface area (Å²) in [6, 6.07) is 18.2. The van der Waals surface area contributed by atoms with Crippen LogP contribution in [0.15, 0.2) is 54.6 Å². The van der Waals surface area contributed by atoms with Gasteiger partial charge < -0.3 is 14.7 Å². The van der Waals surface area contributed by atoms with Crippen LogP contribution >= 0.6 is 24.0 Å². The monoisotopic (exact) mass is 503 g/mol. The van der Waals surface area contributed by atoms with Crippen LogP contribution in [-0.2, 0) is 16.0 Å². The maximum Gasteiger partial charge on any atom is 0.232 e. The Balaban J connectivity index is 0.00000324. The van der Waals surface area contributed by atoms with Gasteiger partial charge in [-0.05, 0) is 81.1 Å². The lowest BCUT2D eigenvalue weighted by molar-refractivity contribution is -0.127. The molecule has 0 N–H and O–H groups in total. The summed E-state index contributed by atoms with van der Waals surface area (Å²) in [5, 5.41) is 0.653. The number of hydrogen-bond donors (Lipinski definition) is 0. The van der Waals surface area contributed by atoms with Crippen LogP contribution in [0.4, 0.5) is 5.69 Å². The molecular weight excluding hydrogens is 469 g/mol. The molecule has 0 radical (unpaired) electrons. The lowest BCUT2D eigenvalue weighted by Gasteiger charge is -2.33. The molecule has 2 amide bonds. The smallest absolute Gasteiger partial charge is 0.232 e. The Bertz CT molecular complexity index is 931. The number of carbonyl (C=O) groups excluding carboxylic acids is 2. The van der Waals surface area contributed by atoms with Crippen LogP contribution in [0, 0.1) is 11.8 Å². The van der Waals surface area contributed by atoms with Crippen LogP contribution in [0.1, 0.15) is 31.2 Å². The highest BCUT2D eigenvalue weighted by Gasteiger charge is 2.35. The fourth-order valence-corrected chi connectivity index (χ4v) is 5.18. The third kappa shape index (κ3) is 6.97. The average molecular weight is 505 g/mol. The first-order chi connectivity index (χ1) is 16.0. The molecule has 1 unspecified atom stereocenters. The van der Waals surface area contributed by atoms with Crippen molar-refractivity contribution < 1.29 is 9.59 Å². The first-order valence-corrected chi connectivity index (χ1v) is 12.4. The van der Waals surface area contributed by atoms with Gasteiger partial charge >= 0.3 is 0 Å². The average Bonchev–Trinajstić information content (AvgIpc) is 3.17. The molecule has 0 aliphatic carbocycles. The maximum atomic E-state index is 13.3. The van der Waals surface area contributed by atoms with Crippen molar-refractivity contribution in [1.29, 1.82) is 0 Å². The number of carbonyl (C=O) groups is 2. The molecule has 0 bridgehead atoms. The molecule has 0 saturated carbocycles. The first-order valence-electron chi connectivity index (χ1n) is 12.1. The topological polar surface area (TPSA) is 43.9 Å². The number of piperidine rings is 1. The molecule has 2 saturated heterocycles.